The minimum Gasteiger partial charge on any atom is -0.426 e. The maximum Gasteiger partial charge on any atom is 0.308 e. The van der Waals surface area contributed by atoms with Gasteiger partial charge in [0.1, 0.15) is 5.75 Å². The van der Waals surface area contributed by atoms with Gasteiger partial charge in [-0.2, -0.15) is 0 Å². The second-order valence-corrected chi connectivity index (χ2v) is 7.00. The summed E-state index contributed by atoms with van der Waals surface area (Å²) >= 11 is 0. The van der Waals surface area contributed by atoms with Crippen LogP contribution in [0.25, 0.3) is 10.9 Å². The number of carbonyl (C=O) groups excluding carboxylic acids is 1. The highest BCUT2D eigenvalue weighted by atomic mass is 16.5. The Morgan fingerprint density at radius 3 is 2.96 bits per heavy atom. The molecule has 0 aliphatic carbocycles. The lowest BCUT2D eigenvalue weighted by Gasteiger charge is -2.43. The van der Waals surface area contributed by atoms with E-state index in [9.17, 15) is 4.79 Å². The van der Waals surface area contributed by atoms with Crippen LogP contribution in [0, 0.1) is 0 Å². The lowest BCUT2D eigenvalue weighted by Crippen LogP contribution is -2.56. The maximum atomic E-state index is 11.4. The van der Waals surface area contributed by atoms with E-state index in [2.05, 4.69) is 35.8 Å². The second kappa shape index (κ2) is 8.20. The summed E-state index contributed by atoms with van der Waals surface area (Å²) in [6.07, 6.45) is 3.16. The van der Waals surface area contributed by atoms with Gasteiger partial charge in [0, 0.05) is 49.7 Å². The predicted molar refractivity (Wildman–Crippen MR) is 102 cm³/mol. The van der Waals surface area contributed by atoms with Gasteiger partial charge in [0.2, 0.25) is 0 Å². The Balaban J connectivity index is 1.77. The first-order valence-electron chi connectivity index (χ1n) is 9.40. The van der Waals surface area contributed by atoms with E-state index in [4.69, 9.17) is 9.47 Å². The second-order valence-electron chi connectivity index (χ2n) is 7.00. The Kier molecular flexibility index (Phi) is 5.96. The number of hydrogen-bond acceptors (Lipinski definition) is 5. The molecule has 1 aromatic carbocycles. The number of hydrogen-bond donors (Lipinski definition) is 1. The molecular formula is C20H29N3O3. The first-order valence-corrected chi connectivity index (χ1v) is 9.40. The number of benzene rings is 1. The van der Waals surface area contributed by atoms with Crippen LogP contribution in [0.3, 0.4) is 0 Å². The van der Waals surface area contributed by atoms with Gasteiger partial charge in [-0.1, -0.05) is 13.0 Å². The zero-order chi connectivity index (χ0) is 18.7. The van der Waals surface area contributed by atoms with Crippen LogP contribution in [0.2, 0.25) is 0 Å². The van der Waals surface area contributed by atoms with E-state index in [1.54, 1.807) is 0 Å². The van der Waals surface area contributed by atoms with Crippen molar-refractivity contribution in [3.8, 4) is 5.75 Å². The third-order valence-corrected chi connectivity index (χ3v) is 4.95. The maximum absolute atomic E-state index is 11.4. The number of H-pyrrole nitrogens is 1. The fourth-order valence-corrected chi connectivity index (χ4v) is 3.65. The van der Waals surface area contributed by atoms with Crippen molar-refractivity contribution in [2.75, 3.05) is 26.2 Å². The molecule has 6 heteroatoms. The van der Waals surface area contributed by atoms with E-state index in [0.717, 1.165) is 43.6 Å². The fourth-order valence-electron chi connectivity index (χ4n) is 3.65. The minimum absolute atomic E-state index is 0.254. The van der Waals surface area contributed by atoms with Gasteiger partial charge in [-0.05, 0) is 38.0 Å². The van der Waals surface area contributed by atoms with Crippen LogP contribution in [0.1, 0.15) is 33.3 Å². The molecule has 3 rings (SSSR count). The summed E-state index contributed by atoms with van der Waals surface area (Å²) < 4.78 is 11.2. The molecule has 1 N–H and O–H groups in total. The molecule has 0 bridgehead atoms. The minimum atomic E-state index is -0.295. The Bertz CT molecular complexity index is 758. The Morgan fingerprint density at radius 2 is 2.23 bits per heavy atom. The summed E-state index contributed by atoms with van der Waals surface area (Å²) in [5.41, 5.74) is 2.17. The van der Waals surface area contributed by atoms with Gasteiger partial charge in [-0.15, -0.1) is 0 Å². The van der Waals surface area contributed by atoms with Crippen LogP contribution >= 0.6 is 0 Å². The van der Waals surface area contributed by atoms with Gasteiger partial charge < -0.3 is 14.5 Å². The molecule has 1 aliphatic heterocycles. The van der Waals surface area contributed by atoms with Gasteiger partial charge in [0.05, 0.1) is 12.7 Å². The summed E-state index contributed by atoms with van der Waals surface area (Å²) in [5, 5.41) is 5.83. The molecule has 6 nitrogen and oxygen atoms in total. The molecule has 1 aliphatic rings. The standard InChI is InChI=1S/C20H29N3O3/c1-5-22(23-12-15(3)25-13-14(23)2)10-9-17-11-21-18-7-6-8-19(20(17)18)26-16(4)24/h6-8,11,14-15,21H,5,9-10,12-13H2,1-4H3. The van der Waals surface area contributed by atoms with Crippen LogP contribution in [0.15, 0.2) is 24.4 Å². The quantitative estimate of drug-likeness (QED) is 0.635. The summed E-state index contributed by atoms with van der Waals surface area (Å²) in [7, 11) is 0. The third kappa shape index (κ3) is 4.09. The first kappa shape index (κ1) is 18.9. The van der Waals surface area contributed by atoms with Gasteiger partial charge in [-0.3, -0.25) is 4.79 Å². The molecule has 2 unspecified atom stereocenters. The molecule has 1 aromatic heterocycles. The summed E-state index contributed by atoms with van der Waals surface area (Å²) in [5.74, 6) is 0.332. The normalized spacial score (nSPS) is 21.4. The van der Waals surface area contributed by atoms with E-state index >= 15 is 0 Å². The van der Waals surface area contributed by atoms with Crippen molar-refractivity contribution in [3.63, 3.8) is 0 Å². The van der Waals surface area contributed by atoms with Crippen molar-refractivity contribution >= 4 is 16.9 Å². The smallest absolute Gasteiger partial charge is 0.308 e. The van der Waals surface area contributed by atoms with Crippen molar-refractivity contribution in [2.24, 2.45) is 0 Å². The first-order chi connectivity index (χ1) is 12.5. The molecule has 2 atom stereocenters. The monoisotopic (exact) mass is 359 g/mol. The van der Waals surface area contributed by atoms with Crippen molar-refractivity contribution in [3.05, 3.63) is 30.0 Å². The molecule has 142 valence electrons. The van der Waals surface area contributed by atoms with Gasteiger partial charge in [0.15, 0.2) is 0 Å². The number of ether oxygens (including phenoxy) is 2. The van der Waals surface area contributed by atoms with E-state index in [0.29, 0.717) is 11.8 Å². The van der Waals surface area contributed by atoms with E-state index < -0.39 is 0 Å². The number of hydrazine groups is 1. The van der Waals surface area contributed by atoms with Crippen molar-refractivity contribution in [2.45, 2.75) is 46.3 Å². The molecule has 0 radical (unpaired) electrons. The van der Waals surface area contributed by atoms with Crippen LogP contribution in [-0.4, -0.2) is 59.4 Å². The largest absolute Gasteiger partial charge is 0.426 e. The van der Waals surface area contributed by atoms with Crippen molar-refractivity contribution in [1.82, 2.24) is 15.0 Å². The number of likely N-dealkylation sites (N-methyl/N-ethyl adjacent to an activating group) is 1. The molecule has 1 fully saturated rings. The summed E-state index contributed by atoms with van der Waals surface area (Å²) in [6, 6.07) is 6.14. The molecule has 0 spiro atoms. The van der Waals surface area contributed by atoms with Crippen LogP contribution in [0.4, 0.5) is 0 Å². The lowest BCUT2D eigenvalue weighted by molar-refractivity contribution is -0.146. The molecule has 0 saturated carbocycles. The number of nitrogens with one attached hydrogen (secondary N) is 1. The topological polar surface area (TPSA) is 57.8 Å². The van der Waals surface area contributed by atoms with Crippen molar-refractivity contribution in [1.29, 1.82) is 0 Å². The average molecular weight is 359 g/mol. The Hall–Kier alpha value is -1.89. The molecule has 0 amide bonds. The number of aromatic nitrogens is 1. The summed E-state index contributed by atoms with van der Waals surface area (Å²) in [6.45, 7) is 11.5. The highest BCUT2D eigenvalue weighted by Crippen LogP contribution is 2.29. The lowest BCUT2D eigenvalue weighted by atomic mass is 10.1. The molecule has 26 heavy (non-hydrogen) atoms. The molecule has 2 heterocycles. The number of aromatic amines is 1. The predicted octanol–water partition coefficient (Wildman–Crippen LogP) is 2.98. The highest BCUT2D eigenvalue weighted by molar-refractivity contribution is 5.91. The van der Waals surface area contributed by atoms with Crippen molar-refractivity contribution < 1.29 is 14.3 Å². The molecule has 2 aromatic rings. The molecular weight excluding hydrogens is 330 g/mol. The summed E-state index contributed by atoms with van der Waals surface area (Å²) in [4.78, 5) is 14.7. The number of fused-ring (bicyclic) bond motifs is 1. The number of rotatable bonds is 6. The van der Waals surface area contributed by atoms with Crippen LogP contribution < -0.4 is 4.74 Å². The zero-order valence-electron chi connectivity index (χ0n) is 16.1. The van der Waals surface area contributed by atoms with Gasteiger partial charge >= 0.3 is 5.97 Å². The SMILES string of the molecule is CCN(CCc1c[nH]c2cccc(OC(C)=O)c12)N1CC(C)OCC1C. The number of carbonyl (C=O) groups is 1. The zero-order valence-corrected chi connectivity index (χ0v) is 16.1. The van der Waals surface area contributed by atoms with Gasteiger partial charge in [0.25, 0.3) is 0 Å². The number of esters is 1. The number of nitrogens with zero attached hydrogens (tertiary/aromatic N) is 2. The van der Waals surface area contributed by atoms with Crippen LogP contribution in [0.5, 0.6) is 5.75 Å². The Morgan fingerprint density at radius 1 is 1.42 bits per heavy atom. The molecule has 1 saturated heterocycles. The number of morpholine rings is 1. The Labute approximate surface area is 155 Å². The van der Waals surface area contributed by atoms with Crippen LogP contribution in [-0.2, 0) is 16.0 Å². The third-order valence-electron chi connectivity index (χ3n) is 4.95. The van der Waals surface area contributed by atoms with E-state index in [-0.39, 0.29) is 12.1 Å². The van der Waals surface area contributed by atoms with E-state index in [1.807, 2.05) is 24.4 Å². The van der Waals surface area contributed by atoms with Gasteiger partial charge in [-0.25, -0.2) is 10.0 Å². The average Bonchev–Trinajstić information content (AvgIpc) is 3.02. The fraction of sp³-hybridized carbons (Fsp3) is 0.550. The highest BCUT2D eigenvalue weighted by Gasteiger charge is 2.27. The van der Waals surface area contributed by atoms with E-state index in [1.165, 1.54) is 12.5 Å².